The average Bonchev–Trinajstić information content (AvgIpc) is 2.95. The van der Waals surface area contributed by atoms with Crippen molar-refractivity contribution in [1.29, 1.82) is 0 Å². The molecule has 2 heterocycles. The number of alkyl halides is 6. The second kappa shape index (κ2) is 12.8. The summed E-state index contributed by atoms with van der Waals surface area (Å²) in [6.45, 7) is -1.70. The molecule has 226 valence electrons. The monoisotopic (exact) mass is 608 g/mol. The lowest BCUT2D eigenvalue weighted by atomic mass is 10.1. The first-order valence-corrected chi connectivity index (χ1v) is 12.3. The van der Waals surface area contributed by atoms with E-state index in [9.17, 15) is 31.1 Å². The van der Waals surface area contributed by atoms with Gasteiger partial charge in [0.25, 0.3) is 5.91 Å². The largest absolute Gasteiger partial charge is 0.484 e. The summed E-state index contributed by atoms with van der Waals surface area (Å²) in [7, 11) is 1.64. The van der Waals surface area contributed by atoms with Crippen molar-refractivity contribution >= 4 is 17.5 Å². The van der Waals surface area contributed by atoms with Crippen molar-refractivity contribution in [2.45, 2.75) is 19.3 Å². The average molecular weight is 608 g/mol. The predicted octanol–water partition coefficient (Wildman–Crippen LogP) is 6.21. The zero-order chi connectivity index (χ0) is 31.2. The van der Waals surface area contributed by atoms with E-state index in [0.29, 0.717) is 17.1 Å². The fourth-order valence-electron chi connectivity index (χ4n) is 3.49. The van der Waals surface area contributed by atoms with Gasteiger partial charge in [-0.05, 0) is 36.8 Å². The molecule has 0 atom stereocenters. The van der Waals surface area contributed by atoms with E-state index in [2.05, 4.69) is 40.0 Å². The molecule has 4 rings (SSSR count). The number of anilines is 2. The number of halogens is 6. The topological polar surface area (TPSA) is 120 Å². The first-order valence-electron chi connectivity index (χ1n) is 12.3. The van der Waals surface area contributed by atoms with Gasteiger partial charge in [-0.25, -0.2) is 15.0 Å². The first-order chi connectivity index (χ1) is 20.3. The molecule has 10 nitrogen and oxygen atoms in total. The summed E-state index contributed by atoms with van der Waals surface area (Å²) in [6.07, 6.45) is -6.63. The summed E-state index contributed by atoms with van der Waals surface area (Å²) in [5.41, 5.74) is 0.921. The normalized spacial score (nSPS) is 11.5. The van der Waals surface area contributed by atoms with Gasteiger partial charge in [-0.15, -0.1) is 0 Å². The van der Waals surface area contributed by atoms with Crippen LogP contribution in [0.25, 0.3) is 11.4 Å². The number of rotatable bonds is 10. The molecule has 0 saturated heterocycles. The Morgan fingerprint density at radius 2 is 1.56 bits per heavy atom. The van der Waals surface area contributed by atoms with Crippen LogP contribution in [-0.4, -0.2) is 58.5 Å². The Bertz CT molecular complexity index is 1560. The van der Waals surface area contributed by atoms with E-state index in [0.717, 1.165) is 18.2 Å². The number of benzene rings is 2. The number of hydrogen-bond donors (Lipinski definition) is 2. The van der Waals surface area contributed by atoms with Crippen LogP contribution < -0.4 is 24.8 Å². The van der Waals surface area contributed by atoms with Gasteiger partial charge in [0.1, 0.15) is 23.6 Å². The highest BCUT2D eigenvalue weighted by atomic mass is 19.4. The van der Waals surface area contributed by atoms with Gasteiger partial charge in [0.05, 0.1) is 5.56 Å². The van der Waals surface area contributed by atoms with Crippen molar-refractivity contribution in [3.05, 3.63) is 72.2 Å². The van der Waals surface area contributed by atoms with Crippen molar-refractivity contribution in [3.63, 3.8) is 0 Å². The summed E-state index contributed by atoms with van der Waals surface area (Å²) in [4.78, 5) is 29.7. The number of ether oxygens (including phenoxy) is 3. The van der Waals surface area contributed by atoms with E-state index >= 15 is 0 Å². The van der Waals surface area contributed by atoms with E-state index in [-0.39, 0.29) is 28.7 Å². The number of nitrogens with one attached hydrogen (secondary N) is 2. The number of carbonyl (C=O) groups excluding carboxylic acids is 1. The van der Waals surface area contributed by atoms with E-state index in [1.807, 2.05) is 0 Å². The molecule has 0 spiro atoms. The van der Waals surface area contributed by atoms with Crippen molar-refractivity contribution < 1.29 is 45.3 Å². The molecule has 16 heteroatoms. The van der Waals surface area contributed by atoms with Crippen molar-refractivity contribution in [1.82, 2.24) is 19.9 Å². The molecule has 0 aliphatic carbocycles. The van der Waals surface area contributed by atoms with Crippen LogP contribution in [0.15, 0.2) is 61.1 Å². The Morgan fingerprint density at radius 1 is 0.884 bits per heavy atom. The maximum atomic E-state index is 13.1. The first kappa shape index (κ1) is 30.8. The molecule has 0 fully saturated rings. The van der Waals surface area contributed by atoms with Gasteiger partial charge in [-0.2, -0.15) is 31.3 Å². The highest BCUT2D eigenvalue weighted by Gasteiger charge is 2.30. The molecule has 0 aliphatic heterocycles. The summed E-state index contributed by atoms with van der Waals surface area (Å²) in [6, 6.07) is 10.6. The lowest BCUT2D eigenvalue weighted by molar-refractivity contribution is -0.153. The van der Waals surface area contributed by atoms with Crippen LogP contribution in [0.4, 0.5) is 38.0 Å². The maximum Gasteiger partial charge on any atom is 0.422 e. The lowest BCUT2D eigenvalue weighted by Crippen LogP contribution is -2.20. The second-order valence-corrected chi connectivity index (χ2v) is 8.78. The highest BCUT2D eigenvalue weighted by molar-refractivity contribution is 6.04. The Hall–Kier alpha value is -5.15. The minimum absolute atomic E-state index is 0.0510. The van der Waals surface area contributed by atoms with Crippen molar-refractivity contribution in [2.75, 3.05) is 30.9 Å². The van der Waals surface area contributed by atoms with Gasteiger partial charge in [-0.3, -0.25) is 4.79 Å². The maximum absolute atomic E-state index is 13.1. The number of aryl methyl sites for hydroxylation is 1. The van der Waals surface area contributed by atoms with Crippen molar-refractivity contribution in [3.8, 4) is 34.5 Å². The van der Waals surface area contributed by atoms with E-state index in [1.165, 1.54) is 24.7 Å². The van der Waals surface area contributed by atoms with E-state index in [1.54, 1.807) is 32.2 Å². The number of carbonyl (C=O) groups is 1. The smallest absolute Gasteiger partial charge is 0.422 e. The molecule has 0 bridgehead atoms. The van der Waals surface area contributed by atoms with Crippen LogP contribution in [0.1, 0.15) is 15.9 Å². The van der Waals surface area contributed by atoms with Crippen LogP contribution in [0.2, 0.25) is 0 Å². The van der Waals surface area contributed by atoms with Gasteiger partial charge < -0.3 is 24.8 Å². The van der Waals surface area contributed by atoms with Crippen LogP contribution in [-0.2, 0) is 0 Å². The highest BCUT2D eigenvalue weighted by Crippen LogP contribution is 2.33. The second-order valence-electron chi connectivity index (χ2n) is 8.78. The van der Waals surface area contributed by atoms with E-state index < -0.39 is 43.0 Å². The number of nitrogens with zero attached hydrogens (tertiary/aromatic N) is 4. The molecule has 0 radical (unpaired) electrons. The van der Waals surface area contributed by atoms with Gasteiger partial charge in [-0.1, -0.05) is 6.07 Å². The minimum atomic E-state index is -4.71. The molecule has 0 aliphatic rings. The SMILES string of the molecule is CNc1ncnc(-c2cccnc2Oc2cc(C(=O)Nc3cc(OCC(F)(F)F)cc(OCC(F)(F)F)c3)ccc2C)n1. The van der Waals surface area contributed by atoms with Gasteiger partial charge in [0.15, 0.2) is 19.0 Å². The Labute approximate surface area is 240 Å². The number of amides is 1. The standard InChI is InChI=1S/C27H22F6N6O4/c1-15-5-6-16(8-21(15)43-24-20(4-3-7-35-24)22-36-14-37-25(34-2)39-22)23(40)38-17-9-18(41-12-26(28,29)30)11-19(10-17)42-13-27(31,32)33/h3-11,14H,12-13H2,1-2H3,(H,38,40)(H,34,36,37,39). The van der Waals surface area contributed by atoms with Gasteiger partial charge in [0, 0.05) is 42.7 Å². The summed E-state index contributed by atoms with van der Waals surface area (Å²) in [5, 5.41) is 5.23. The van der Waals surface area contributed by atoms with Gasteiger partial charge >= 0.3 is 12.4 Å². The van der Waals surface area contributed by atoms with Crippen molar-refractivity contribution in [2.24, 2.45) is 0 Å². The van der Waals surface area contributed by atoms with Crippen LogP contribution in [0, 0.1) is 6.92 Å². The lowest BCUT2D eigenvalue weighted by Gasteiger charge is -2.15. The molecule has 2 N–H and O–H groups in total. The third kappa shape index (κ3) is 8.92. The summed E-state index contributed by atoms with van der Waals surface area (Å²) >= 11 is 0. The fraction of sp³-hybridized carbons (Fsp3) is 0.222. The third-order valence-electron chi connectivity index (χ3n) is 5.41. The van der Waals surface area contributed by atoms with Crippen LogP contribution in [0.5, 0.6) is 23.1 Å². The summed E-state index contributed by atoms with van der Waals surface area (Å²) in [5.74, 6) is -0.758. The molecule has 43 heavy (non-hydrogen) atoms. The molecule has 0 unspecified atom stereocenters. The number of pyridine rings is 1. The third-order valence-corrected chi connectivity index (χ3v) is 5.41. The molecular weight excluding hydrogens is 586 g/mol. The Balaban J connectivity index is 1.58. The number of hydrogen-bond acceptors (Lipinski definition) is 9. The zero-order valence-corrected chi connectivity index (χ0v) is 22.4. The quantitative estimate of drug-likeness (QED) is 0.203. The molecule has 0 saturated carbocycles. The van der Waals surface area contributed by atoms with Gasteiger partial charge in [0.2, 0.25) is 11.8 Å². The molecule has 1 amide bonds. The summed E-state index contributed by atoms with van der Waals surface area (Å²) < 4.78 is 91.3. The van der Waals surface area contributed by atoms with Crippen LogP contribution >= 0.6 is 0 Å². The number of aromatic nitrogens is 4. The van der Waals surface area contributed by atoms with E-state index in [4.69, 9.17) is 4.74 Å². The molecule has 2 aromatic heterocycles. The zero-order valence-electron chi connectivity index (χ0n) is 22.4. The molecular formula is C27H22F6N6O4. The fourth-order valence-corrected chi connectivity index (χ4v) is 3.49. The molecule has 4 aromatic rings. The molecule has 2 aromatic carbocycles. The minimum Gasteiger partial charge on any atom is -0.484 e. The van der Waals surface area contributed by atoms with Crippen LogP contribution in [0.3, 0.4) is 0 Å². The Kier molecular flexibility index (Phi) is 9.16. The predicted molar refractivity (Wildman–Crippen MR) is 141 cm³/mol. The Morgan fingerprint density at radius 3 is 2.19 bits per heavy atom.